The molecule has 1 aromatic carbocycles. The van der Waals surface area contributed by atoms with Crippen LogP contribution in [0.25, 0.3) is 0 Å². The van der Waals surface area contributed by atoms with Crippen molar-refractivity contribution in [3.05, 3.63) is 57.0 Å². The number of ether oxygens (including phenoxy) is 1. The molecule has 0 aliphatic carbocycles. The zero-order chi connectivity index (χ0) is 15.9. The Labute approximate surface area is 140 Å². The van der Waals surface area contributed by atoms with E-state index in [0.29, 0.717) is 5.56 Å². The summed E-state index contributed by atoms with van der Waals surface area (Å²) in [5, 5.41) is 11.3. The predicted octanol–water partition coefficient (Wildman–Crippen LogP) is 2.51. The van der Waals surface area contributed by atoms with Gasteiger partial charge >= 0.3 is 0 Å². The van der Waals surface area contributed by atoms with Crippen LogP contribution in [0.5, 0.6) is 5.88 Å². The molecule has 1 N–H and O–H groups in total. The van der Waals surface area contributed by atoms with E-state index in [-0.39, 0.29) is 30.5 Å². The molecule has 0 fully saturated rings. The van der Waals surface area contributed by atoms with Crippen LogP contribution in [-0.2, 0) is 0 Å². The van der Waals surface area contributed by atoms with Gasteiger partial charge in [-0.05, 0) is 40.8 Å². The molecule has 2 aromatic rings. The van der Waals surface area contributed by atoms with E-state index in [4.69, 9.17) is 10.00 Å². The molecule has 1 amide bonds. The largest absolute Gasteiger partial charge is 0.474 e. The topological polar surface area (TPSA) is 75.0 Å². The fourth-order valence-electron chi connectivity index (χ4n) is 1.65. The van der Waals surface area contributed by atoms with Crippen LogP contribution < -0.4 is 10.1 Å². The highest BCUT2D eigenvalue weighted by Crippen LogP contribution is 2.14. The lowest BCUT2D eigenvalue weighted by molar-refractivity contribution is 0.0945. The lowest BCUT2D eigenvalue weighted by Gasteiger charge is -2.08. The molecule has 22 heavy (non-hydrogen) atoms. The van der Waals surface area contributed by atoms with E-state index in [0.717, 1.165) is 9.64 Å². The van der Waals surface area contributed by atoms with Crippen molar-refractivity contribution in [1.29, 1.82) is 5.26 Å². The number of nitrogens with one attached hydrogen (secondary N) is 1. The second-order valence-electron chi connectivity index (χ2n) is 4.21. The smallest absolute Gasteiger partial charge is 0.252 e. The van der Waals surface area contributed by atoms with Gasteiger partial charge in [-0.25, -0.2) is 9.37 Å². The van der Waals surface area contributed by atoms with E-state index in [9.17, 15) is 9.18 Å². The summed E-state index contributed by atoms with van der Waals surface area (Å²) >= 11 is 2.08. The van der Waals surface area contributed by atoms with Crippen LogP contribution in [0.4, 0.5) is 4.39 Å². The first-order valence-corrected chi connectivity index (χ1v) is 7.41. The average molecular weight is 411 g/mol. The second kappa shape index (κ2) is 7.70. The first kappa shape index (κ1) is 16.2. The van der Waals surface area contributed by atoms with Crippen LogP contribution in [0.3, 0.4) is 0 Å². The Balaban J connectivity index is 1.84. The van der Waals surface area contributed by atoms with Gasteiger partial charge in [-0.15, -0.1) is 0 Å². The summed E-state index contributed by atoms with van der Waals surface area (Å²) in [7, 11) is 0. The zero-order valence-corrected chi connectivity index (χ0v) is 13.5. The Morgan fingerprint density at radius 3 is 2.91 bits per heavy atom. The van der Waals surface area contributed by atoms with Gasteiger partial charge in [0.1, 0.15) is 12.7 Å². The van der Waals surface area contributed by atoms with Gasteiger partial charge in [0.15, 0.2) is 5.82 Å². The molecule has 2 rings (SSSR count). The zero-order valence-electron chi connectivity index (χ0n) is 11.3. The molecule has 0 aliphatic heterocycles. The summed E-state index contributed by atoms with van der Waals surface area (Å²) in [6, 6.07) is 10.0. The lowest BCUT2D eigenvalue weighted by atomic mass is 10.2. The van der Waals surface area contributed by atoms with E-state index >= 15 is 0 Å². The number of amides is 1. The van der Waals surface area contributed by atoms with Crippen LogP contribution >= 0.6 is 22.6 Å². The van der Waals surface area contributed by atoms with Crippen molar-refractivity contribution < 1.29 is 13.9 Å². The van der Waals surface area contributed by atoms with Crippen LogP contribution in [-0.4, -0.2) is 24.0 Å². The molecule has 0 bridgehead atoms. The summed E-state index contributed by atoms with van der Waals surface area (Å²) in [5.74, 6) is -1.12. The highest BCUT2D eigenvalue weighted by Gasteiger charge is 2.09. The van der Waals surface area contributed by atoms with Crippen molar-refractivity contribution >= 4 is 28.5 Å². The SMILES string of the molecule is N#Cc1cnc(OCCNC(=O)c2ccccc2I)c(F)c1. The van der Waals surface area contributed by atoms with Crippen LogP contribution in [0.15, 0.2) is 36.5 Å². The summed E-state index contributed by atoms with van der Waals surface area (Å²) in [6.07, 6.45) is 1.23. The number of nitriles is 1. The van der Waals surface area contributed by atoms with E-state index in [1.54, 1.807) is 18.2 Å². The fraction of sp³-hybridized carbons (Fsp3) is 0.133. The van der Waals surface area contributed by atoms with E-state index in [2.05, 4.69) is 32.9 Å². The van der Waals surface area contributed by atoms with Gasteiger partial charge in [0, 0.05) is 9.77 Å². The number of halogens is 2. The Hall–Kier alpha value is -2.21. The fourth-order valence-corrected chi connectivity index (χ4v) is 2.28. The standard InChI is InChI=1S/C15H11FIN3O2/c16-12-7-10(8-18)9-20-15(12)22-6-5-19-14(21)11-3-1-2-4-13(11)17/h1-4,7,9H,5-6H2,(H,19,21). The molecule has 1 aromatic heterocycles. The molecular weight excluding hydrogens is 400 g/mol. The van der Waals surface area contributed by atoms with Crippen LogP contribution in [0.1, 0.15) is 15.9 Å². The first-order chi connectivity index (χ1) is 10.6. The molecule has 0 aliphatic rings. The minimum Gasteiger partial charge on any atom is -0.474 e. The van der Waals surface area contributed by atoms with Crippen molar-refractivity contribution in [1.82, 2.24) is 10.3 Å². The molecule has 112 valence electrons. The maximum atomic E-state index is 13.5. The lowest BCUT2D eigenvalue weighted by Crippen LogP contribution is -2.28. The van der Waals surface area contributed by atoms with E-state index in [1.165, 1.54) is 6.20 Å². The number of aromatic nitrogens is 1. The highest BCUT2D eigenvalue weighted by atomic mass is 127. The van der Waals surface area contributed by atoms with Crippen molar-refractivity contribution in [2.24, 2.45) is 0 Å². The average Bonchev–Trinajstić information content (AvgIpc) is 2.52. The minimum atomic E-state index is -0.706. The van der Waals surface area contributed by atoms with Crippen molar-refractivity contribution in [3.63, 3.8) is 0 Å². The first-order valence-electron chi connectivity index (χ1n) is 6.33. The van der Waals surface area contributed by atoms with Crippen molar-refractivity contribution in [2.45, 2.75) is 0 Å². The number of benzene rings is 1. The third-order valence-corrected chi connectivity index (χ3v) is 3.62. The number of carbonyl (C=O) groups is 1. The second-order valence-corrected chi connectivity index (χ2v) is 5.37. The Bertz CT molecular complexity index is 731. The molecule has 0 radical (unpaired) electrons. The van der Waals surface area contributed by atoms with Gasteiger partial charge in [0.05, 0.1) is 17.7 Å². The van der Waals surface area contributed by atoms with Crippen LogP contribution in [0, 0.1) is 20.7 Å². The quantitative estimate of drug-likeness (QED) is 0.606. The summed E-state index contributed by atoms with van der Waals surface area (Å²) in [4.78, 5) is 15.6. The normalized spacial score (nSPS) is 9.86. The molecule has 0 unspecified atom stereocenters. The molecule has 1 heterocycles. The third kappa shape index (κ3) is 4.14. The van der Waals surface area contributed by atoms with Crippen molar-refractivity contribution in [2.75, 3.05) is 13.2 Å². The number of hydrogen-bond acceptors (Lipinski definition) is 4. The molecule has 7 heteroatoms. The molecule has 0 saturated carbocycles. The molecule has 0 saturated heterocycles. The summed E-state index contributed by atoms with van der Waals surface area (Å²) in [5.41, 5.74) is 0.697. The third-order valence-electron chi connectivity index (χ3n) is 2.68. The van der Waals surface area contributed by atoms with Gasteiger partial charge in [0.25, 0.3) is 11.8 Å². The van der Waals surface area contributed by atoms with Gasteiger partial charge in [-0.3, -0.25) is 4.79 Å². The van der Waals surface area contributed by atoms with Crippen molar-refractivity contribution in [3.8, 4) is 11.9 Å². The summed E-state index contributed by atoms with van der Waals surface area (Å²) < 4.78 is 19.5. The van der Waals surface area contributed by atoms with E-state index in [1.807, 2.05) is 12.1 Å². The van der Waals surface area contributed by atoms with Gasteiger partial charge < -0.3 is 10.1 Å². The minimum absolute atomic E-state index is 0.0744. The summed E-state index contributed by atoms with van der Waals surface area (Å²) in [6.45, 7) is 0.288. The molecule has 5 nitrogen and oxygen atoms in total. The monoisotopic (exact) mass is 411 g/mol. The number of hydrogen-bond donors (Lipinski definition) is 1. The predicted molar refractivity (Wildman–Crippen MR) is 85.9 cm³/mol. The molecular formula is C15H11FIN3O2. The van der Waals surface area contributed by atoms with Gasteiger partial charge in [-0.1, -0.05) is 12.1 Å². The van der Waals surface area contributed by atoms with Gasteiger partial charge in [-0.2, -0.15) is 5.26 Å². The number of rotatable bonds is 5. The van der Waals surface area contributed by atoms with E-state index < -0.39 is 5.82 Å². The maximum absolute atomic E-state index is 13.5. The number of pyridine rings is 1. The number of carbonyl (C=O) groups excluding carboxylic acids is 1. The maximum Gasteiger partial charge on any atom is 0.252 e. The Morgan fingerprint density at radius 2 is 2.23 bits per heavy atom. The highest BCUT2D eigenvalue weighted by molar-refractivity contribution is 14.1. The van der Waals surface area contributed by atoms with Crippen LogP contribution in [0.2, 0.25) is 0 Å². The molecule has 0 spiro atoms. The van der Waals surface area contributed by atoms with Gasteiger partial charge in [0.2, 0.25) is 0 Å². The molecule has 0 atom stereocenters. The number of nitrogens with zero attached hydrogens (tertiary/aromatic N) is 2. The Kier molecular flexibility index (Phi) is 5.66. The Morgan fingerprint density at radius 1 is 1.45 bits per heavy atom.